The van der Waals surface area contributed by atoms with Crippen LogP contribution >= 0.6 is 34.5 Å². The maximum atomic E-state index is 13.1. The lowest BCUT2D eigenvalue weighted by atomic mass is 10.1. The summed E-state index contributed by atoms with van der Waals surface area (Å²) in [6.45, 7) is 0.584. The highest BCUT2D eigenvalue weighted by atomic mass is 35.5. The molecule has 2 atom stereocenters. The van der Waals surface area contributed by atoms with Crippen molar-refractivity contribution in [1.82, 2.24) is 19.2 Å². The number of benzene rings is 1. The Bertz CT molecular complexity index is 1460. The average Bonchev–Trinajstić information content (AvgIpc) is 3.53. The van der Waals surface area contributed by atoms with E-state index in [0.29, 0.717) is 53.0 Å². The molecule has 3 heterocycles. The van der Waals surface area contributed by atoms with Crippen molar-refractivity contribution in [1.29, 1.82) is 0 Å². The Balaban J connectivity index is 1.33. The van der Waals surface area contributed by atoms with Crippen molar-refractivity contribution < 1.29 is 26.4 Å². The first kappa shape index (κ1) is 30.0. The highest BCUT2D eigenvalue weighted by molar-refractivity contribution is 7.92. The number of halogens is 2. The Hall–Kier alpha value is -2.00. The van der Waals surface area contributed by atoms with Gasteiger partial charge in [0.15, 0.2) is 0 Å². The van der Waals surface area contributed by atoms with Crippen molar-refractivity contribution >= 4 is 72.5 Å². The van der Waals surface area contributed by atoms with Gasteiger partial charge >= 0.3 is 0 Å². The lowest BCUT2D eigenvalue weighted by molar-refractivity contribution is -0.143. The van der Waals surface area contributed by atoms with Gasteiger partial charge in [-0.15, -0.1) is 11.3 Å². The number of nitrogens with one attached hydrogen (secondary N) is 2. The summed E-state index contributed by atoms with van der Waals surface area (Å²) in [5.74, 6) is -0.783. The molecule has 212 valence electrons. The number of rotatable bonds is 10. The van der Waals surface area contributed by atoms with Crippen molar-refractivity contribution in [3.8, 4) is 0 Å². The molecule has 1 aromatic heterocycles. The summed E-state index contributed by atoms with van der Waals surface area (Å²) in [5, 5.41) is 1.29. The standard InChI is InChI=1S/C24H28Cl2N4O6S3/c25-17-4-1-6-20(14-17)39(35,36)27-15-18-5-2-12-30(18)23(31)16-29-11-3-7-21(24(29)32)28-38(33,34)13-10-19-8-9-22(26)37-19/h1,4,6,8-10,13-14,18,21,27-28H,2-3,5,7,11-12,15-16H2/b13-10+. The fraction of sp³-hybridized carbons (Fsp3) is 0.417. The number of amides is 2. The summed E-state index contributed by atoms with van der Waals surface area (Å²) in [7, 11) is -7.72. The van der Waals surface area contributed by atoms with Gasteiger partial charge in [0.05, 0.1) is 15.8 Å². The normalized spacial score (nSPS) is 20.7. The highest BCUT2D eigenvalue weighted by Gasteiger charge is 2.35. The zero-order chi connectivity index (χ0) is 28.2. The summed E-state index contributed by atoms with van der Waals surface area (Å²) in [5.41, 5.74) is 0. The number of carbonyl (C=O) groups excluding carboxylic acids is 2. The largest absolute Gasteiger partial charge is 0.337 e. The molecule has 10 nitrogen and oxygen atoms in total. The molecule has 2 aliphatic heterocycles. The van der Waals surface area contributed by atoms with Gasteiger partial charge in [-0.25, -0.2) is 21.6 Å². The Morgan fingerprint density at radius 1 is 1.08 bits per heavy atom. The molecule has 0 aliphatic carbocycles. The van der Waals surface area contributed by atoms with E-state index in [-0.39, 0.29) is 29.9 Å². The minimum Gasteiger partial charge on any atom is -0.337 e. The van der Waals surface area contributed by atoms with Crippen LogP contribution in [0.25, 0.3) is 6.08 Å². The summed E-state index contributed by atoms with van der Waals surface area (Å²) >= 11 is 13.0. The van der Waals surface area contributed by atoms with E-state index in [1.165, 1.54) is 34.4 Å². The molecule has 0 radical (unpaired) electrons. The maximum Gasteiger partial charge on any atom is 0.242 e. The van der Waals surface area contributed by atoms with E-state index in [4.69, 9.17) is 23.2 Å². The molecule has 2 N–H and O–H groups in total. The first-order chi connectivity index (χ1) is 18.4. The Labute approximate surface area is 242 Å². The lowest BCUT2D eigenvalue weighted by Gasteiger charge is -2.34. The monoisotopic (exact) mass is 634 g/mol. The lowest BCUT2D eigenvalue weighted by Crippen LogP contribution is -2.55. The number of hydrogen-bond acceptors (Lipinski definition) is 7. The van der Waals surface area contributed by atoms with E-state index >= 15 is 0 Å². The van der Waals surface area contributed by atoms with Crippen LogP contribution in [0.1, 0.15) is 30.6 Å². The number of nitrogens with zero attached hydrogens (tertiary/aromatic N) is 2. The molecule has 4 rings (SSSR count). The third-order valence-electron chi connectivity index (χ3n) is 6.48. The topological polar surface area (TPSA) is 133 Å². The Morgan fingerprint density at radius 3 is 2.56 bits per heavy atom. The summed E-state index contributed by atoms with van der Waals surface area (Å²) in [4.78, 5) is 29.8. The van der Waals surface area contributed by atoms with Gasteiger partial charge in [0.2, 0.25) is 31.9 Å². The van der Waals surface area contributed by atoms with Crippen LogP contribution in [0, 0.1) is 0 Å². The predicted molar refractivity (Wildman–Crippen MR) is 151 cm³/mol. The highest BCUT2D eigenvalue weighted by Crippen LogP contribution is 2.23. The second-order valence-electron chi connectivity index (χ2n) is 9.25. The third-order valence-corrected chi connectivity index (χ3v) is 10.4. The van der Waals surface area contributed by atoms with Crippen molar-refractivity contribution in [3.05, 3.63) is 56.0 Å². The first-order valence-electron chi connectivity index (χ1n) is 12.2. The second kappa shape index (κ2) is 12.7. The van der Waals surface area contributed by atoms with Gasteiger partial charge in [0.1, 0.15) is 6.04 Å². The first-order valence-corrected chi connectivity index (χ1v) is 16.8. The third kappa shape index (κ3) is 8.03. The molecule has 2 aliphatic rings. The van der Waals surface area contributed by atoms with Gasteiger partial charge in [-0.3, -0.25) is 9.59 Å². The molecule has 2 fully saturated rings. The van der Waals surface area contributed by atoms with Crippen LogP contribution in [0.5, 0.6) is 0 Å². The zero-order valence-corrected chi connectivity index (χ0v) is 24.7. The predicted octanol–water partition coefficient (Wildman–Crippen LogP) is 2.91. The van der Waals surface area contributed by atoms with Gasteiger partial charge in [-0.1, -0.05) is 29.3 Å². The summed E-state index contributed by atoms with van der Waals surface area (Å²) in [6.07, 6.45) is 3.56. The van der Waals surface area contributed by atoms with Gasteiger partial charge in [-0.2, -0.15) is 4.72 Å². The van der Waals surface area contributed by atoms with Crippen molar-refractivity contribution in [2.24, 2.45) is 0 Å². The van der Waals surface area contributed by atoms with Crippen LogP contribution in [-0.2, 0) is 29.6 Å². The minimum atomic E-state index is -3.91. The van der Waals surface area contributed by atoms with Crippen LogP contribution in [-0.4, -0.2) is 76.7 Å². The minimum absolute atomic E-state index is 0.0265. The van der Waals surface area contributed by atoms with E-state index in [9.17, 15) is 26.4 Å². The maximum absolute atomic E-state index is 13.1. The fourth-order valence-corrected chi connectivity index (χ4v) is 8.02. The molecule has 1 aromatic carbocycles. The second-order valence-corrected chi connectivity index (χ2v) is 14.8. The molecule has 0 saturated carbocycles. The molecule has 39 heavy (non-hydrogen) atoms. The molecular weight excluding hydrogens is 607 g/mol. The van der Waals surface area contributed by atoms with Crippen LogP contribution in [0.3, 0.4) is 0 Å². The molecule has 2 unspecified atom stereocenters. The number of carbonyl (C=O) groups is 2. The van der Waals surface area contributed by atoms with Crippen molar-refractivity contribution in [2.45, 2.75) is 42.7 Å². The molecule has 0 spiro atoms. The van der Waals surface area contributed by atoms with Crippen LogP contribution < -0.4 is 9.44 Å². The summed E-state index contributed by atoms with van der Waals surface area (Å²) in [6, 6.07) is 7.91. The van der Waals surface area contributed by atoms with E-state index in [1.807, 2.05) is 0 Å². The Kier molecular flexibility index (Phi) is 9.74. The summed E-state index contributed by atoms with van der Waals surface area (Å²) < 4.78 is 55.9. The number of hydrogen-bond donors (Lipinski definition) is 2. The van der Waals surface area contributed by atoms with Gasteiger partial charge in [0.25, 0.3) is 0 Å². The van der Waals surface area contributed by atoms with Crippen LogP contribution in [0.15, 0.2) is 46.7 Å². The number of thiophene rings is 1. The molecule has 2 aromatic rings. The van der Waals surface area contributed by atoms with Crippen LogP contribution in [0.2, 0.25) is 9.36 Å². The Morgan fingerprint density at radius 2 is 1.85 bits per heavy atom. The average molecular weight is 636 g/mol. The number of likely N-dealkylation sites (tertiary alicyclic amines) is 2. The van der Waals surface area contributed by atoms with E-state index < -0.39 is 32.0 Å². The van der Waals surface area contributed by atoms with Crippen molar-refractivity contribution in [2.75, 3.05) is 26.2 Å². The van der Waals surface area contributed by atoms with Gasteiger partial charge in [-0.05, 0) is 62.1 Å². The quantitative estimate of drug-likeness (QED) is 0.413. The number of sulfonamides is 2. The number of piperidine rings is 1. The molecule has 2 amide bonds. The molecule has 2 saturated heterocycles. The van der Waals surface area contributed by atoms with E-state index in [2.05, 4.69) is 9.44 Å². The van der Waals surface area contributed by atoms with Crippen LogP contribution in [0.4, 0.5) is 0 Å². The molecule has 15 heteroatoms. The smallest absolute Gasteiger partial charge is 0.242 e. The SMILES string of the molecule is O=C1C(NS(=O)(=O)/C=C/c2ccc(Cl)s2)CCCN1CC(=O)N1CCCC1CNS(=O)(=O)c1cccc(Cl)c1. The van der Waals surface area contributed by atoms with Gasteiger partial charge in [0, 0.05) is 41.0 Å². The fourth-order valence-electron chi connectivity index (χ4n) is 4.57. The zero-order valence-electron chi connectivity index (χ0n) is 20.8. The molecular formula is C24H28Cl2N4O6S3. The van der Waals surface area contributed by atoms with E-state index in [1.54, 1.807) is 29.2 Å². The van der Waals surface area contributed by atoms with Gasteiger partial charge < -0.3 is 9.80 Å². The van der Waals surface area contributed by atoms with E-state index in [0.717, 1.165) is 5.41 Å². The van der Waals surface area contributed by atoms with Crippen molar-refractivity contribution in [3.63, 3.8) is 0 Å². The molecule has 0 bridgehead atoms.